The van der Waals surface area contributed by atoms with Gasteiger partial charge in [-0.3, -0.25) is 0 Å². The second-order valence-corrected chi connectivity index (χ2v) is 7.43. The number of aromatic nitrogens is 3. The molecule has 0 bridgehead atoms. The molecule has 3 N–H and O–H groups in total. The average molecular weight is 384 g/mol. The third kappa shape index (κ3) is 5.47. The van der Waals surface area contributed by atoms with Gasteiger partial charge in [0.15, 0.2) is 0 Å². The topological polar surface area (TPSA) is 109 Å². The van der Waals surface area contributed by atoms with Crippen molar-refractivity contribution in [1.29, 1.82) is 0 Å². The summed E-state index contributed by atoms with van der Waals surface area (Å²) in [6.07, 6.45) is 1.69. The molecule has 9 heteroatoms. The maximum Gasteiger partial charge on any atom is 0.240 e. The molecule has 2 heterocycles. The molecule has 1 aromatic carbocycles. The van der Waals surface area contributed by atoms with E-state index >= 15 is 0 Å². The van der Waals surface area contributed by atoms with Gasteiger partial charge in [0.2, 0.25) is 10.0 Å². The minimum atomic E-state index is -3.52. The van der Waals surface area contributed by atoms with E-state index in [-0.39, 0.29) is 11.4 Å². The fourth-order valence-electron chi connectivity index (χ4n) is 2.35. The highest BCUT2D eigenvalue weighted by Crippen LogP contribution is 2.15. The van der Waals surface area contributed by atoms with Crippen LogP contribution in [0.3, 0.4) is 0 Å². The molecule has 3 aromatic rings. The van der Waals surface area contributed by atoms with E-state index in [9.17, 15) is 8.42 Å². The molecule has 140 valence electrons. The monoisotopic (exact) mass is 384 g/mol. The zero-order valence-electron chi connectivity index (χ0n) is 14.8. The summed E-state index contributed by atoms with van der Waals surface area (Å²) in [5.74, 6) is 2.47. The molecule has 0 saturated heterocycles. The number of benzene rings is 1. The highest BCUT2D eigenvalue weighted by atomic mass is 32.2. The van der Waals surface area contributed by atoms with Crippen molar-refractivity contribution >= 4 is 27.5 Å². The van der Waals surface area contributed by atoms with Crippen molar-refractivity contribution in [2.45, 2.75) is 11.8 Å². The van der Waals surface area contributed by atoms with Crippen molar-refractivity contribution in [2.24, 2.45) is 0 Å². The number of hydrogen-bond acceptors (Lipinski definition) is 7. The van der Waals surface area contributed by atoms with E-state index in [4.69, 9.17) is 0 Å². The van der Waals surface area contributed by atoms with Crippen LogP contribution in [0, 0.1) is 6.92 Å². The molecule has 8 nitrogen and oxygen atoms in total. The maximum atomic E-state index is 12.2. The van der Waals surface area contributed by atoms with E-state index < -0.39 is 10.0 Å². The average Bonchev–Trinajstić information content (AvgIpc) is 2.66. The predicted molar refractivity (Wildman–Crippen MR) is 104 cm³/mol. The van der Waals surface area contributed by atoms with Gasteiger partial charge in [-0.05, 0) is 31.2 Å². The molecule has 0 aliphatic carbocycles. The Bertz CT molecular complexity index is 981. The smallest absolute Gasteiger partial charge is 0.240 e. The Morgan fingerprint density at radius 3 is 2.37 bits per heavy atom. The van der Waals surface area contributed by atoms with Crippen LogP contribution in [0.2, 0.25) is 0 Å². The van der Waals surface area contributed by atoms with Crippen LogP contribution in [0.25, 0.3) is 0 Å². The Labute approximate surface area is 158 Å². The van der Waals surface area contributed by atoms with Crippen molar-refractivity contribution in [1.82, 2.24) is 19.7 Å². The van der Waals surface area contributed by atoms with Crippen LogP contribution in [-0.2, 0) is 10.0 Å². The number of aryl methyl sites for hydroxylation is 1. The fourth-order valence-corrected chi connectivity index (χ4v) is 3.40. The molecule has 27 heavy (non-hydrogen) atoms. The fraction of sp³-hybridized carbons (Fsp3) is 0.167. The second-order valence-electron chi connectivity index (χ2n) is 5.66. The first-order valence-electron chi connectivity index (χ1n) is 8.35. The first-order valence-corrected chi connectivity index (χ1v) is 9.83. The van der Waals surface area contributed by atoms with Gasteiger partial charge in [-0.15, -0.1) is 0 Å². The Kier molecular flexibility index (Phi) is 5.94. The lowest BCUT2D eigenvalue weighted by Crippen LogP contribution is -2.29. The Morgan fingerprint density at radius 1 is 0.889 bits per heavy atom. The predicted octanol–water partition coefficient (Wildman–Crippen LogP) is 2.31. The Morgan fingerprint density at radius 2 is 1.63 bits per heavy atom. The minimum Gasteiger partial charge on any atom is -0.369 e. The third-order valence-electron chi connectivity index (χ3n) is 3.54. The number of rotatable bonds is 8. The highest BCUT2D eigenvalue weighted by Gasteiger charge is 2.12. The molecular formula is C18H20N6O2S. The van der Waals surface area contributed by atoms with E-state index in [1.165, 1.54) is 0 Å². The van der Waals surface area contributed by atoms with Crippen LogP contribution in [0.15, 0.2) is 65.7 Å². The van der Waals surface area contributed by atoms with Crippen molar-refractivity contribution < 1.29 is 8.42 Å². The van der Waals surface area contributed by atoms with E-state index in [0.29, 0.717) is 29.8 Å². The Hall–Kier alpha value is -3.04. The number of hydrogen-bond donors (Lipinski definition) is 3. The van der Waals surface area contributed by atoms with E-state index in [0.717, 1.165) is 0 Å². The summed E-state index contributed by atoms with van der Waals surface area (Å²) in [5.41, 5.74) is 0. The van der Waals surface area contributed by atoms with E-state index in [2.05, 4.69) is 30.3 Å². The van der Waals surface area contributed by atoms with Crippen molar-refractivity contribution in [3.63, 3.8) is 0 Å². The molecule has 0 saturated carbocycles. The lowest BCUT2D eigenvalue weighted by atomic mass is 10.4. The van der Waals surface area contributed by atoms with Crippen molar-refractivity contribution in [3.05, 3.63) is 66.6 Å². The summed E-state index contributed by atoms with van der Waals surface area (Å²) in [4.78, 5) is 13.1. The van der Waals surface area contributed by atoms with Gasteiger partial charge < -0.3 is 10.6 Å². The summed E-state index contributed by atoms with van der Waals surface area (Å²) >= 11 is 0. The molecule has 0 unspecified atom stereocenters. The number of sulfonamides is 1. The van der Waals surface area contributed by atoms with Gasteiger partial charge in [0.1, 0.15) is 23.3 Å². The summed E-state index contributed by atoms with van der Waals surface area (Å²) in [5, 5.41) is 6.20. The summed E-state index contributed by atoms with van der Waals surface area (Å²) in [6, 6.07) is 15.5. The van der Waals surface area contributed by atoms with Gasteiger partial charge in [-0.2, -0.15) is 0 Å². The van der Waals surface area contributed by atoms with Crippen LogP contribution < -0.4 is 15.4 Å². The molecule has 2 aromatic heterocycles. The van der Waals surface area contributed by atoms with Crippen LogP contribution >= 0.6 is 0 Å². The van der Waals surface area contributed by atoms with Gasteiger partial charge in [-0.25, -0.2) is 28.1 Å². The summed E-state index contributed by atoms with van der Waals surface area (Å²) in [6.45, 7) is 2.39. The molecule has 3 rings (SSSR count). The molecule has 0 spiro atoms. The number of anilines is 3. The van der Waals surface area contributed by atoms with Crippen LogP contribution in [0.1, 0.15) is 5.82 Å². The number of pyridine rings is 1. The van der Waals surface area contributed by atoms with Crippen LogP contribution in [-0.4, -0.2) is 36.5 Å². The maximum absolute atomic E-state index is 12.2. The van der Waals surface area contributed by atoms with Gasteiger partial charge in [-0.1, -0.05) is 24.3 Å². The normalized spacial score (nSPS) is 11.1. The summed E-state index contributed by atoms with van der Waals surface area (Å²) < 4.78 is 26.9. The van der Waals surface area contributed by atoms with Gasteiger partial charge >= 0.3 is 0 Å². The zero-order chi connectivity index (χ0) is 19.1. The number of nitrogens with zero attached hydrogens (tertiary/aromatic N) is 3. The van der Waals surface area contributed by atoms with Gasteiger partial charge in [0, 0.05) is 25.4 Å². The molecule has 0 aliphatic rings. The number of nitrogens with one attached hydrogen (secondary N) is 3. The largest absolute Gasteiger partial charge is 0.369 e. The standard InChI is InChI=1S/C18H20N6O2S/c1-14-22-17(13-18(23-14)24-16-9-5-6-10-19-16)20-11-12-21-27(25,26)15-7-3-2-4-8-15/h2-10,13,21H,11-12H2,1H3,(H2,19,20,22,23,24). The lowest BCUT2D eigenvalue weighted by molar-refractivity contribution is 0.583. The minimum absolute atomic E-state index is 0.225. The van der Waals surface area contributed by atoms with Gasteiger partial charge in [0.05, 0.1) is 4.90 Å². The first kappa shape index (κ1) is 18.7. The molecule has 0 fully saturated rings. The first-order chi connectivity index (χ1) is 13.0. The van der Waals surface area contributed by atoms with Crippen LogP contribution in [0.4, 0.5) is 17.5 Å². The molecule has 0 radical (unpaired) electrons. The molecule has 0 amide bonds. The Balaban J connectivity index is 1.57. The van der Waals surface area contributed by atoms with Gasteiger partial charge in [0.25, 0.3) is 0 Å². The van der Waals surface area contributed by atoms with E-state index in [1.54, 1.807) is 49.5 Å². The SMILES string of the molecule is Cc1nc(NCCNS(=O)(=O)c2ccccc2)cc(Nc2ccccn2)n1. The lowest BCUT2D eigenvalue weighted by Gasteiger charge is -2.10. The third-order valence-corrected chi connectivity index (χ3v) is 5.01. The second kappa shape index (κ2) is 8.56. The molecular weight excluding hydrogens is 364 g/mol. The molecule has 0 atom stereocenters. The quantitative estimate of drug-likeness (QED) is 0.511. The van der Waals surface area contributed by atoms with Crippen molar-refractivity contribution in [2.75, 3.05) is 23.7 Å². The molecule has 0 aliphatic heterocycles. The van der Waals surface area contributed by atoms with Crippen molar-refractivity contribution in [3.8, 4) is 0 Å². The van der Waals surface area contributed by atoms with Crippen LogP contribution in [0.5, 0.6) is 0 Å². The zero-order valence-corrected chi connectivity index (χ0v) is 15.6. The highest BCUT2D eigenvalue weighted by molar-refractivity contribution is 7.89. The summed E-state index contributed by atoms with van der Waals surface area (Å²) in [7, 11) is -3.52. The van der Waals surface area contributed by atoms with E-state index in [1.807, 2.05) is 18.2 Å².